The van der Waals surface area contributed by atoms with Gasteiger partial charge in [-0.15, -0.1) is 0 Å². The maximum Gasteiger partial charge on any atom is 0.319 e. The minimum absolute atomic E-state index is 0.346. The van der Waals surface area contributed by atoms with Crippen LogP contribution in [0.5, 0.6) is 11.5 Å². The smallest absolute Gasteiger partial charge is 0.319 e. The molecule has 6 heteroatoms. The van der Waals surface area contributed by atoms with Gasteiger partial charge in [0.25, 0.3) is 0 Å². The topological polar surface area (TPSA) is 59.6 Å². The number of rotatable bonds is 6. The number of carbonyl (C=O) groups is 1. The van der Waals surface area contributed by atoms with Gasteiger partial charge >= 0.3 is 6.03 Å². The van der Waals surface area contributed by atoms with Gasteiger partial charge in [-0.05, 0) is 50.1 Å². The molecular formula is C19H23ClN2O3. The predicted molar refractivity (Wildman–Crippen MR) is 101 cm³/mol. The number of amides is 2. The molecule has 0 aliphatic rings. The van der Waals surface area contributed by atoms with Crippen LogP contribution in [0.25, 0.3) is 0 Å². The van der Waals surface area contributed by atoms with Crippen LogP contribution in [0.3, 0.4) is 0 Å². The molecule has 0 saturated heterocycles. The molecule has 2 rings (SSSR count). The summed E-state index contributed by atoms with van der Waals surface area (Å²) >= 11 is 5.95. The highest BCUT2D eigenvalue weighted by molar-refractivity contribution is 6.31. The number of anilines is 1. The van der Waals surface area contributed by atoms with Crippen LogP contribution in [0.4, 0.5) is 10.5 Å². The molecule has 0 bridgehead atoms. The minimum atomic E-state index is -0.346. The van der Waals surface area contributed by atoms with E-state index in [1.54, 1.807) is 18.2 Å². The minimum Gasteiger partial charge on any atom is -0.495 e. The fraction of sp³-hybridized carbons (Fsp3) is 0.316. The Morgan fingerprint density at radius 3 is 2.44 bits per heavy atom. The quantitative estimate of drug-likeness (QED) is 0.745. The van der Waals surface area contributed by atoms with Gasteiger partial charge in [0, 0.05) is 5.02 Å². The number of carbonyl (C=O) groups excluding carboxylic acids is 1. The van der Waals surface area contributed by atoms with Gasteiger partial charge in [-0.25, -0.2) is 4.79 Å². The van der Waals surface area contributed by atoms with E-state index in [-0.39, 0.29) is 6.03 Å². The number of halogens is 1. The summed E-state index contributed by atoms with van der Waals surface area (Å²) in [6.45, 7) is 6.84. The van der Waals surface area contributed by atoms with Crippen molar-refractivity contribution in [3.05, 3.63) is 52.0 Å². The van der Waals surface area contributed by atoms with Crippen molar-refractivity contribution in [2.24, 2.45) is 0 Å². The Hall–Kier alpha value is -2.40. The standard InChI is InChI=1S/C19H23ClN2O3/c1-12-9-13(2)18(14(3)10-12)25-8-7-21-19(23)22-16-11-15(20)5-6-17(16)24-4/h5-6,9-11H,7-8H2,1-4H3,(H2,21,22,23). The van der Waals surface area contributed by atoms with Crippen molar-refractivity contribution in [2.75, 3.05) is 25.6 Å². The Kier molecular flexibility index (Phi) is 6.53. The molecule has 0 aliphatic carbocycles. The Bertz CT molecular complexity index is 739. The van der Waals surface area contributed by atoms with Gasteiger partial charge in [0.1, 0.15) is 18.1 Å². The summed E-state index contributed by atoms with van der Waals surface area (Å²) in [6.07, 6.45) is 0. The number of methoxy groups -OCH3 is 1. The molecule has 0 saturated carbocycles. The van der Waals surface area contributed by atoms with Crippen LogP contribution < -0.4 is 20.1 Å². The van der Waals surface area contributed by atoms with Crippen LogP contribution >= 0.6 is 11.6 Å². The van der Waals surface area contributed by atoms with Crippen molar-refractivity contribution < 1.29 is 14.3 Å². The second-order valence-electron chi connectivity index (χ2n) is 5.80. The third-order valence-electron chi connectivity index (χ3n) is 3.65. The molecule has 0 aliphatic heterocycles. The van der Waals surface area contributed by atoms with E-state index in [1.807, 2.05) is 13.8 Å². The molecule has 0 fully saturated rings. The Morgan fingerprint density at radius 1 is 1.12 bits per heavy atom. The second kappa shape index (κ2) is 8.62. The molecule has 0 unspecified atom stereocenters. The van der Waals surface area contributed by atoms with Crippen molar-refractivity contribution in [3.63, 3.8) is 0 Å². The lowest BCUT2D eigenvalue weighted by molar-refractivity contribution is 0.247. The average molecular weight is 363 g/mol. The van der Waals surface area contributed by atoms with E-state index in [4.69, 9.17) is 21.1 Å². The van der Waals surface area contributed by atoms with Crippen LogP contribution in [-0.4, -0.2) is 26.3 Å². The highest BCUT2D eigenvalue weighted by atomic mass is 35.5. The molecule has 134 valence electrons. The SMILES string of the molecule is COc1ccc(Cl)cc1NC(=O)NCCOc1c(C)cc(C)cc1C. The van der Waals surface area contributed by atoms with E-state index in [9.17, 15) is 4.79 Å². The van der Waals surface area contributed by atoms with Gasteiger partial charge in [-0.2, -0.15) is 0 Å². The van der Waals surface area contributed by atoms with Crippen LogP contribution in [0.2, 0.25) is 5.02 Å². The van der Waals surface area contributed by atoms with Crippen molar-refractivity contribution in [3.8, 4) is 11.5 Å². The molecule has 0 heterocycles. The number of benzene rings is 2. The highest BCUT2D eigenvalue weighted by Crippen LogP contribution is 2.27. The summed E-state index contributed by atoms with van der Waals surface area (Å²) in [5, 5.41) is 5.98. The van der Waals surface area contributed by atoms with Crippen molar-refractivity contribution in [1.82, 2.24) is 5.32 Å². The summed E-state index contributed by atoms with van der Waals surface area (Å²) in [4.78, 5) is 12.0. The third kappa shape index (κ3) is 5.29. The maximum atomic E-state index is 12.0. The zero-order valence-electron chi connectivity index (χ0n) is 14.9. The molecule has 2 aromatic carbocycles. The molecule has 2 N–H and O–H groups in total. The summed E-state index contributed by atoms with van der Waals surface area (Å²) in [5.41, 5.74) is 3.89. The largest absolute Gasteiger partial charge is 0.495 e. The zero-order chi connectivity index (χ0) is 18.4. The molecule has 2 aromatic rings. The summed E-state index contributed by atoms with van der Waals surface area (Å²) < 4.78 is 11.0. The predicted octanol–water partition coefficient (Wildman–Crippen LogP) is 4.47. The molecular weight excluding hydrogens is 340 g/mol. The lowest BCUT2D eigenvalue weighted by Gasteiger charge is -2.14. The summed E-state index contributed by atoms with van der Waals surface area (Å²) in [7, 11) is 1.53. The highest BCUT2D eigenvalue weighted by Gasteiger charge is 2.09. The Balaban J connectivity index is 1.85. The van der Waals surface area contributed by atoms with E-state index in [0.717, 1.165) is 16.9 Å². The maximum absolute atomic E-state index is 12.0. The van der Waals surface area contributed by atoms with Gasteiger partial charge in [0.2, 0.25) is 0 Å². The number of aryl methyl sites for hydroxylation is 3. The van der Waals surface area contributed by atoms with Gasteiger partial charge in [-0.1, -0.05) is 29.3 Å². The van der Waals surface area contributed by atoms with Gasteiger partial charge in [0.15, 0.2) is 0 Å². The third-order valence-corrected chi connectivity index (χ3v) is 3.88. The van der Waals surface area contributed by atoms with Crippen molar-refractivity contribution in [1.29, 1.82) is 0 Å². The van der Waals surface area contributed by atoms with E-state index in [1.165, 1.54) is 12.7 Å². The molecule has 0 spiro atoms. The number of hydrogen-bond donors (Lipinski definition) is 2. The van der Waals surface area contributed by atoms with Gasteiger partial charge < -0.3 is 20.1 Å². The zero-order valence-corrected chi connectivity index (χ0v) is 15.7. The normalized spacial score (nSPS) is 10.3. The number of ether oxygens (including phenoxy) is 2. The Labute approximate surface area is 153 Å². The molecule has 5 nitrogen and oxygen atoms in total. The lowest BCUT2D eigenvalue weighted by atomic mass is 10.1. The second-order valence-corrected chi connectivity index (χ2v) is 6.24. The van der Waals surface area contributed by atoms with E-state index in [0.29, 0.717) is 29.6 Å². The first kappa shape index (κ1) is 18.9. The van der Waals surface area contributed by atoms with Crippen LogP contribution in [0.1, 0.15) is 16.7 Å². The molecule has 0 aromatic heterocycles. The average Bonchev–Trinajstić information content (AvgIpc) is 2.53. The van der Waals surface area contributed by atoms with E-state index < -0.39 is 0 Å². The van der Waals surface area contributed by atoms with Crippen molar-refractivity contribution in [2.45, 2.75) is 20.8 Å². The Morgan fingerprint density at radius 2 is 1.80 bits per heavy atom. The van der Waals surface area contributed by atoms with Gasteiger partial charge in [0.05, 0.1) is 19.3 Å². The lowest BCUT2D eigenvalue weighted by Crippen LogP contribution is -2.32. The fourth-order valence-corrected chi connectivity index (χ4v) is 2.83. The number of nitrogens with one attached hydrogen (secondary N) is 2. The number of urea groups is 1. The van der Waals surface area contributed by atoms with Crippen LogP contribution in [0.15, 0.2) is 30.3 Å². The van der Waals surface area contributed by atoms with Gasteiger partial charge in [-0.3, -0.25) is 0 Å². The molecule has 2 amide bonds. The molecule has 0 radical (unpaired) electrons. The van der Waals surface area contributed by atoms with Crippen molar-refractivity contribution >= 4 is 23.3 Å². The fourth-order valence-electron chi connectivity index (χ4n) is 2.66. The molecule has 25 heavy (non-hydrogen) atoms. The molecule has 0 atom stereocenters. The first-order valence-electron chi connectivity index (χ1n) is 7.99. The van der Waals surface area contributed by atoms with E-state index in [2.05, 4.69) is 29.7 Å². The summed E-state index contributed by atoms with van der Waals surface area (Å²) in [6, 6.07) is 8.84. The first-order chi connectivity index (χ1) is 11.9. The monoisotopic (exact) mass is 362 g/mol. The van der Waals surface area contributed by atoms with Crippen LogP contribution in [-0.2, 0) is 0 Å². The number of hydrogen-bond acceptors (Lipinski definition) is 3. The van der Waals surface area contributed by atoms with Crippen LogP contribution in [0, 0.1) is 20.8 Å². The summed E-state index contributed by atoms with van der Waals surface area (Å²) in [5.74, 6) is 1.41. The van der Waals surface area contributed by atoms with E-state index >= 15 is 0 Å². The first-order valence-corrected chi connectivity index (χ1v) is 8.37.